The van der Waals surface area contributed by atoms with E-state index in [4.69, 9.17) is 5.73 Å². The molecule has 3 nitrogen and oxygen atoms in total. The van der Waals surface area contributed by atoms with Crippen LogP contribution in [0.4, 0.5) is 0 Å². The number of carbonyl (C=O) groups is 1. The van der Waals surface area contributed by atoms with E-state index in [9.17, 15) is 4.79 Å². The van der Waals surface area contributed by atoms with Crippen molar-refractivity contribution >= 4 is 5.91 Å². The zero-order valence-electron chi connectivity index (χ0n) is 9.33. The number of hydrogen-bond donors (Lipinski definition) is 1. The molecule has 2 unspecified atom stereocenters. The van der Waals surface area contributed by atoms with Gasteiger partial charge >= 0.3 is 0 Å². The Morgan fingerprint density at radius 3 is 2.64 bits per heavy atom. The topological polar surface area (TPSA) is 46.3 Å². The number of nitrogens with zero attached hydrogens (tertiary/aromatic N) is 1. The van der Waals surface area contributed by atoms with E-state index < -0.39 is 0 Å². The molecular formula is C11H22N2O. The first-order valence-electron chi connectivity index (χ1n) is 5.59. The smallest absolute Gasteiger partial charge is 0.222 e. The van der Waals surface area contributed by atoms with E-state index in [1.54, 1.807) is 0 Å². The van der Waals surface area contributed by atoms with Crippen LogP contribution in [-0.2, 0) is 4.79 Å². The Bertz CT molecular complexity index is 194. The third-order valence-electron chi connectivity index (χ3n) is 3.06. The number of nitrogens with two attached hydrogens (primary N) is 1. The second-order valence-electron chi connectivity index (χ2n) is 4.49. The molecule has 2 atom stereocenters. The Kier molecular flexibility index (Phi) is 4.39. The maximum Gasteiger partial charge on any atom is 0.222 e. The van der Waals surface area contributed by atoms with E-state index in [0.29, 0.717) is 13.0 Å². The summed E-state index contributed by atoms with van der Waals surface area (Å²) in [5, 5.41) is 0. The first-order chi connectivity index (χ1) is 6.65. The fraction of sp³-hybridized carbons (Fsp3) is 0.909. The monoisotopic (exact) mass is 198 g/mol. The van der Waals surface area contributed by atoms with Crippen molar-refractivity contribution in [3.05, 3.63) is 0 Å². The Labute approximate surface area is 86.6 Å². The quantitative estimate of drug-likeness (QED) is 0.652. The molecule has 0 saturated heterocycles. The van der Waals surface area contributed by atoms with Crippen molar-refractivity contribution in [2.24, 2.45) is 17.6 Å². The molecule has 1 fully saturated rings. The Morgan fingerprint density at radius 2 is 2.14 bits per heavy atom. The molecule has 3 heteroatoms. The highest BCUT2D eigenvalue weighted by Gasteiger charge is 2.33. The molecule has 82 valence electrons. The van der Waals surface area contributed by atoms with Crippen molar-refractivity contribution in [3.8, 4) is 0 Å². The number of amides is 1. The summed E-state index contributed by atoms with van der Waals surface area (Å²) in [5.74, 6) is 1.87. The summed E-state index contributed by atoms with van der Waals surface area (Å²) in [4.78, 5) is 13.5. The SMILES string of the molecule is CC1CC1CN(C)C(=O)CCCCN. The molecular weight excluding hydrogens is 176 g/mol. The largest absolute Gasteiger partial charge is 0.345 e. The van der Waals surface area contributed by atoms with Crippen LogP contribution in [0.15, 0.2) is 0 Å². The van der Waals surface area contributed by atoms with Crippen molar-refractivity contribution < 1.29 is 4.79 Å². The average Bonchev–Trinajstić information content (AvgIpc) is 2.82. The summed E-state index contributed by atoms with van der Waals surface area (Å²) in [6.45, 7) is 3.89. The van der Waals surface area contributed by atoms with Gasteiger partial charge in [-0.25, -0.2) is 0 Å². The zero-order chi connectivity index (χ0) is 10.6. The predicted molar refractivity (Wildman–Crippen MR) is 57.8 cm³/mol. The number of hydrogen-bond acceptors (Lipinski definition) is 2. The lowest BCUT2D eigenvalue weighted by molar-refractivity contribution is -0.130. The molecule has 2 N–H and O–H groups in total. The van der Waals surface area contributed by atoms with Crippen LogP contribution in [-0.4, -0.2) is 30.9 Å². The standard InChI is InChI=1S/C11H22N2O/c1-9-7-10(9)8-13(2)11(14)5-3-4-6-12/h9-10H,3-8,12H2,1-2H3. The fourth-order valence-electron chi connectivity index (χ4n) is 1.72. The van der Waals surface area contributed by atoms with E-state index in [1.807, 2.05) is 11.9 Å². The molecule has 1 amide bonds. The van der Waals surface area contributed by atoms with Crippen LogP contribution in [0.1, 0.15) is 32.6 Å². The highest BCUT2D eigenvalue weighted by molar-refractivity contribution is 5.75. The molecule has 0 heterocycles. The van der Waals surface area contributed by atoms with Gasteiger partial charge in [-0.3, -0.25) is 4.79 Å². The highest BCUT2D eigenvalue weighted by atomic mass is 16.2. The number of rotatable bonds is 6. The maximum atomic E-state index is 11.6. The van der Waals surface area contributed by atoms with Crippen LogP contribution >= 0.6 is 0 Å². The molecule has 0 bridgehead atoms. The molecule has 0 spiro atoms. The van der Waals surface area contributed by atoms with Gasteiger partial charge in [0, 0.05) is 20.0 Å². The molecule has 0 aromatic heterocycles. The zero-order valence-corrected chi connectivity index (χ0v) is 9.33. The summed E-state index contributed by atoms with van der Waals surface area (Å²) in [5.41, 5.74) is 5.37. The van der Waals surface area contributed by atoms with Crippen molar-refractivity contribution in [3.63, 3.8) is 0 Å². The predicted octanol–water partition coefficient (Wildman–Crippen LogP) is 1.23. The van der Waals surface area contributed by atoms with E-state index in [-0.39, 0.29) is 5.91 Å². The second-order valence-corrected chi connectivity index (χ2v) is 4.49. The van der Waals surface area contributed by atoms with Gasteiger partial charge in [-0.05, 0) is 37.6 Å². The molecule has 0 aromatic rings. The lowest BCUT2D eigenvalue weighted by Gasteiger charge is -2.16. The van der Waals surface area contributed by atoms with Crippen molar-refractivity contribution in [2.45, 2.75) is 32.6 Å². The van der Waals surface area contributed by atoms with Gasteiger partial charge in [-0.15, -0.1) is 0 Å². The average molecular weight is 198 g/mol. The van der Waals surface area contributed by atoms with Crippen molar-refractivity contribution in [2.75, 3.05) is 20.1 Å². The summed E-state index contributed by atoms with van der Waals surface area (Å²) in [6.07, 6.45) is 3.84. The van der Waals surface area contributed by atoms with Gasteiger partial charge < -0.3 is 10.6 Å². The van der Waals surface area contributed by atoms with Gasteiger partial charge in [0.05, 0.1) is 0 Å². The molecule has 1 rings (SSSR count). The highest BCUT2D eigenvalue weighted by Crippen LogP contribution is 2.37. The van der Waals surface area contributed by atoms with Gasteiger partial charge in [-0.2, -0.15) is 0 Å². The van der Waals surface area contributed by atoms with Gasteiger partial charge in [-0.1, -0.05) is 6.92 Å². The second kappa shape index (κ2) is 5.35. The summed E-state index contributed by atoms with van der Waals surface area (Å²) in [6, 6.07) is 0. The van der Waals surface area contributed by atoms with Gasteiger partial charge in [0.25, 0.3) is 0 Å². The molecule has 0 aliphatic heterocycles. The minimum atomic E-state index is 0.276. The van der Waals surface area contributed by atoms with E-state index in [0.717, 1.165) is 31.2 Å². The fourth-order valence-corrected chi connectivity index (χ4v) is 1.72. The third-order valence-corrected chi connectivity index (χ3v) is 3.06. The lowest BCUT2D eigenvalue weighted by Crippen LogP contribution is -2.28. The van der Waals surface area contributed by atoms with Crippen LogP contribution in [0.5, 0.6) is 0 Å². The molecule has 1 aliphatic rings. The van der Waals surface area contributed by atoms with Crippen molar-refractivity contribution in [1.29, 1.82) is 0 Å². The van der Waals surface area contributed by atoms with Crippen molar-refractivity contribution in [1.82, 2.24) is 4.90 Å². The Balaban J connectivity index is 2.09. The Morgan fingerprint density at radius 1 is 1.50 bits per heavy atom. The maximum absolute atomic E-state index is 11.6. The minimum Gasteiger partial charge on any atom is -0.345 e. The summed E-state index contributed by atoms with van der Waals surface area (Å²) >= 11 is 0. The summed E-state index contributed by atoms with van der Waals surface area (Å²) in [7, 11) is 1.91. The molecule has 1 saturated carbocycles. The normalized spacial score (nSPS) is 24.8. The summed E-state index contributed by atoms with van der Waals surface area (Å²) < 4.78 is 0. The van der Waals surface area contributed by atoms with Gasteiger partial charge in [0.1, 0.15) is 0 Å². The minimum absolute atomic E-state index is 0.276. The van der Waals surface area contributed by atoms with E-state index in [1.165, 1.54) is 6.42 Å². The van der Waals surface area contributed by atoms with Crippen LogP contribution in [0, 0.1) is 11.8 Å². The van der Waals surface area contributed by atoms with Gasteiger partial charge in [0.2, 0.25) is 5.91 Å². The molecule has 14 heavy (non-hydrogen) atoms. The first kappa shape index (κ1) is 11.5. The first-order valence-corrected chi connectivity index (χ1v) is 5.59. The molecule has 0 radical (unpaired) electrons. The van der Waals surface area contributed by atoms with E-state index in [2.05, 4.69) is 6.92 Å². The number of unbranched alkanes of at least 4 members (excludes halogenated alkanes) is 1. The Hall–Kier alpha value is -0.570. The van der Waals surface area contributed by atoms with Gasteiger partial charge in [0.15, 0.2) is 0 Å². The lowest BCUT2D eigenvalue weighted by atomic mass is 10.2. The van der Waals surface area contributed by atoms with Crippen LogP contribution in [0.25, 0.3) is 0 Å². The van der Waals surface area contributed by atoms with Crippen LogP contribution < -0.4 is 5.73 Å². The van der Waals surface area contributed by atoms with Crippen LogP contribution in [0.2, 0.25) is 0 Å². The third kappa shape index (κ3) is 3.66. The van der Waals surface area contributed by atoms with Crippen LogP contribution in [0.3, 0.4) is 0 Å². The number of carbonyl (C=O) groups excluding carboxylic acids is 1. The molecule has 1 aliphatic carbocycles. The van der Waals surface area contributed by atoms with E-state index >= 15 is 0 Å². The molecule has 0 aromatic carbocycles.